The van der Waals surface area contributed by atoms with Crippen LogP contribution in [0.15, 0.2) is 47.4 Å². The first-order valence-corrected chi connectivity index (χ1v) is 10.9. The van der Waals surface area contributed by atoms with E-state index < -0.39 is 14.9 Å². The Hall–Kier alpha value is -2.65. The number of hydrogen-bond donors (Lipinski definition) is 1. The molecule has 2 rings (SSSR count). The Balaban J connectivity index is 2.40. The summed E-state index contributed by atoms with van der Waals surface area (Å²) >= 11 is 0. The summed E-state index contributed by atoms with van der Waals surface area (Å²) in [7, 11) is -2.20. The second-order valence-electron chi connectivity index (χ2n) is 6.40. The molecule has 1 N–H and O–H groups in total. The van der Waals surface area contributed by atoms with Gasteiger partial charge in [0, 0.05) is 19.2 Å². The zero-order chi connectivity index (χ0) is 21.6. The summed E-state index contributed by atoms with van der Waals surface area (Å²) in [5.74, 6) is 0.723. The lowest BCUT2D eigenvalue weighted by Gasteiger charge is -2.21. The van der Waals surface area contributed by atoms with Gasteiger partial charge in [-0.1, -0.05) is 32.9 Å². The second-order valence-corrected chi connectivity index (χ2v) is 8.34. The first-order valence-electron chi connectivity index (χ1n) is 9.47. The molecule has 0 fully saturated rings. The molecule has 0 saturated carbocycles. The van der Waals surface area contributed by atoms with Gasteiger partial charge in [-0.2, -0.15) is 4.31 Å². The van der Waals surface area contributed by atoms with Crippen LogP contribution in [0.3, 0.4) is 0 Å². The highest BCUT2D eigenvalue weighted by Gasteiger charge is 2.26. The van der Waals surface area contributed by atoms with Gasteiger partial charge in [0.1, 0.15) is 11.4 Å². The van der Waals surface area contributed by atoms with Crippen molar-refractivity contribution in [1.29, 1.82) is 0 Å². The van der Waals surface area contributed by atoms with Gasteiger partial charge in [-0.25, -0.2) is 8.42 Å². The highest BCUT2D eigenvalue weighted by atomic mass is 32.2. The molecule has 0 aliphatic rings. The molecule has 1 atom stereocenters. The number of nitro groups is 1. The molecule has 0 saturated heterocycles. The van der Waals surface area contributed by atoms with E-state index in [2.05, 4.69) is 5.32 Å². The smallest absolute Gasteiger partial charge is 0.293 e. The third kappa shape index (κ3) is 5.04. The molecule has 0 aliphatic carbocycles. The van der Waals surface area contributed by atoms with Crippen molar-refractivity contribution in [2.45, 2.75) is 38.1 Å². The van der Waals surface area contributed by atoms with E-state index in [-0.39, 0.29) is 22.3 Å². The molecule has 2 aromatic carbocycles. The minimum absolute atomic E-state index is 0.0871. The number of benzene rings is 2. The van der Waals surface area contributed by atoms with E-state index in [1.807, 2.05) is 31.2 Å². The van der Waals surface area contributed by atoms with Crippen LogP contribution in [0.4, 0.5) is 11.4 Å². The van der Waals surface area contributed by atoms with Crippen LogP contribution in [0.2, 0.25) is 0 Å². The Labute approximate surface area is 171 Å². The van der Waals surface area contributed by atoms with Crippen LogP contribution in [-0.2, 0) is 10.0 Å². The largest absolute Gasteiger partial charge is 0.497 e. The molecule has 1 unspecified atom stereocenters. The van der Waals surface area contributed by atoms with E-state index in [0.29, 0.717) is 19.5 Å². The van der Waals surface area contributed by atoms with Crippen molar-refractivity contribution in [1.82, 2.24) is 4.31 Å². The molecule has 29 heavy (non-hydrogen) atoms. The summed E-state index contributed by atoms with van der Waals surface area (Å²) in [5.41, 5.74) is 0.948. The molecule has 9 heteroatoms. The Morgan fingerprint density at radius 2 is 1.72 bits per heavy atom. The molecule has 0 radical (unpaired) electrons. The first kappa shape index (κ1) is 22.6. The molecule has 2 aromatic rings. The van der Waals surface area contributed by atoms with Gasteiger partial charge in [0.05, 0.1) is 23.0 Å². The summed E-state index contributed by atoms with van der Waals surface area (Å²) in [5, 5.41) is 14.8. The van der Waals surface area contributed by atoms with Crippen LogP contribution in [0, 0.1) is 10.1 Å². The molecule has 158 valence electrons. The standard InChI is InChI=1S/C20H27N3O5S/c1-5-18(15-8-10-16(28-4)11-9-15)21-19-13-12-17(14-20(19)23(24)25)29(26,27)22(6-2)7-3/h8-14,18,21H,5-7H2,1-4H3. The predicted molar refractivity (Wildman–Crippen MR) is 113 cm³/mol. The van der Waals surface area contributed by atoms with E-state index >= 15 is 0 Å². The molecular weight excluding hydrogens is 394 g/mol. The SMILES string of the molecule is CCC(Nc1ccc(S(=O)(=O)N(CC)CC)cc1[N+](=O)[O-])c1ccc(OC)cc1. The molecule has 0 aliphatic heterocycles. The quantitative estimate of drug-likeness (QED) is 0.456. The average Bonchev–Trinajstić information content (AvgIpc) is 2.72. The van der Waals surface area contributed by atoms with Gasteiger partial charge in [-0.05, 0) is 36.2 Å². The minimum atomic E-state index is -3.78. The maximum Gasteiger partial charge on any atom is 0.293 e. The third-order valence-electron chi connectivity index (χ3n) is 4.77. The van der Waals surface area contributed by atoms with Crippen molar-refractivity contribution < 1.29 is 18.1 Å². The fourth-order valence-corrected chi connectivity index (χ4v) is 4.58. The lowest BCUT2D eigenvalue weighted by atomic mass is 10.0. The number of methoxy groups -OCH3 is 1. The van der Waals surface area contributed by atoms with E-state index in [9.17, 15) is 18.5 Å². The summed E-state index contributed by atoms with van der Waals surface area (Å²) in [6.07, 6.45) is 0.684. The normalized spacial score (nSPS) is 12.6. The van der Waals surface area contributed by atoms with Crippen LogP contribution >= 0.6 is 0 Å². The number of nitrogens with one attached hydrogen (secondary N) is 1. The molecule has 8 nitrogen and oxygen atoms in total. The highest BCUT2D eigenvalue weighted by Crippen LogP contribution is 2.33. The number of ether oxygens (including phenoxy) is 1. The maximum absolute atomic E-state index is 12.7. The molecule has 0 bridgehead atoms. The van der Waals surface area contributed by atoms with Crippen molar-refractivity contribution >= 4 is 21.4 Å². The van der Waals surface area contributed by atoms with Gasteiger partial charge in [0.25, 0.3) is 5.69 Å². The van der Waals surface area contributed by atoms with Crippen LogP contribution in [-0.4, -0.2) is 37.8 Å². The second kappa shape index (κ2) is 9.71. The van der Waals surface area contributed by atoms with E-state index in [0.717, 1.165) is 17.4 Å². The predicted octanol–water partition coefficient (Wildman–Crippen LogP) is 4.20. The molecule has 0 spiro atoms. The minimum Gasteiger partial charge on any atom is -0.497 e. The number of anilines is 1. The first-order chi connectivity index (χ1) is 13.8. The topological polar surface area (TPSA) is 102 Å². The number of hydrogen-bond acceptors (Lipinski definition) is 6. The van der Waals surface area contributed by atoms with Crippen molar-refractivity contribution in [3.05, 3.63) is 58.1 Å². The van der Waals surface area contributed by atoms with Gasteiger partial charge in [0.2, 0.25) is 10.0 Å². The van der Waals surface area contributed by atoms with Gasteiger partial charge in [-0.15, -0.1) is 0 Å². The van der Waals surface area contributed by atoms with Crippen LogP contribution in [0.1, 0.15) is 38.8 Å². The van der Waals surface area contributed by atoms with Gasteiger partial charge >= 0.3 is 0 Å². The number of sulfonamides is 1. The maximum atomic E-state index is 12.7. The summed E-state index contributed by atoms with van der Waals surface area (Å²) < 4.78 is 31.9. The lowest BCUT2D eigenvalue weighted by molar-refractivity contribution is -0.384. The number of nitrogens with zero attached hydrogens (tertiary/aromatic N) is 2. The Bertz CT molecular complexity index is 941. The summed E-state index contributed by atoms with van der Waals surface area (Å²) in [6, 6.07) is 11.3. The van der Waals surface area contributed by atoms with E-state index in [1.54, 1.807) is 21.0 Å². The van der Waals surface area contributed by atoms with Crippen LogP contribution < -0.4 is 10.1 Å². The van der Waals surface area contributed by atoms with E-state index in [4.69, 9.17) is 4.74 Å². The molecule has 0 heterocycles. The highest BCUT2D eigenvalue weighted by molar-refractivity contribution is 7.89. The average molecular weight is 422 g/mol. The third-order valence-corrected chi connectivity index (χ3v) is 6.81. The van der Waals surface area contributed by atoms with Crippen molar-refractivity contribution in [3.63, 3.8) is 0 Å². The van der Waals surface area contributed by atoms with Gasteiger partial charge in [0.15, 0.2) is 0 Å². The fraction of sp³-hybridized carbons (Fsp3) is 0.400. The van der Waals surface area contributed by atoms with Gasteiger partial charge < -0.3 is 10.1 Å². The van der Waals surface area contributed by atoms with E-state index in [1.165, 1.54) is 16.4 Å². The number of nitro benzene ring substituents is 1. The number of rotatable bonds is 10. The zero-order valence-corrected chi connectivity index (χ0v) is 17.9. The monoisotopic (exact) mass is 421 g/mol. The molecular formula is C20H27N3O5S. The summed E-state index contributed by atoms with van der Waals surface area (Å²) in [4.78, 5) is 11.0. The zero-order valence-electron chi connectivity index (χ0n) is 17.1. The Morgan fingerprint density at radius 1 is 1.10 bits per heavy atom. The Morgan fingerprint density at radius 3 is 2.21 bits per heavy atom. The lowest BCUT2D eigenvalue weighted by Crippen LogP contribution is -2.30. The van der Waals surface area contributed by atoms with Crippen molar-refractivity contribution in [3.8, 4) is 5.75 Å². The van der Waals surface area contributed by atoms with Gasteiger partial charge in [-0.3, -0.25) is 10.1 Å². The summed E-state index contributed by atoms with van der Waals surface area (Å²) in [6.45, 7) is 6.01. The fourth-order valence-electron chi connectivity index (χ4n) is 3.10. The van der Waals surface area contributed by atoms with Crippen molar-refractivity contribution in [2.24, 2.45) is 0 Å². The van der Waals surface area contributed by atoms with Crippen molar-refractivity contribution in [2.75, 3.05) is 25.5 Å². The Kier molecular flexibility index (Phi) is 7.58. The van der Waals surface area contributed by atoms with Crippen LogP contribution in [0.5, 0.6) is 5.75 Å². The van der Waals surface area contributed by atoms with Crippen LogP contribution in [0.25, 0.3) is 0 Å². The molecule has 0 amide bonds. The molecule has 0 aromatic heterocycles.